The van der Waals surface area contributed by atoms with Gasteiger partial charge in [-0.15, -0.1) is 0 Å². The lowest BCUT2D eigenvalue weighted by molar-refractivity contribution is -0.384. The molecule has 0 heterocycles. The summed E-state index contributed by atoms with van der Waals surface area (Å²) in [5.74, 6) is 0. The van der Waals surface area contributed by atoms with E-state index in [4.69, 9.17) is 0 Å². The quantitative estimate of drug-likeness (QED) is 0.656. The van der Waals surface area contributed by atoms with Crippen LogP contribution < -0.4 is 4.72 Å². The van der Waals surface area contributed by atoms with E-state index in [1.54, 1.807) is 13.8 Å². The highest BCUT2D eigenvalue weighted by Crippen LogP contribution is 2.18. The Bertz CT molecular complexity index is 535. The maximum Gasteiger partial charge on any atom is 0.269 e. The Hall–Kier alpha value is -1.47. The highest BCUT2D eigenvalue weighted by Gasteiger charge is 2.24. The Labute approximate surface area is 106 Å². The van der Waals surface area contributed by atoms with Gasteiger partial charge in [-0.1, -0.05) is 6.92 Å². The molecule has 1 rings (SSSR count). The van der Waals surface area contributed by atoms with Gasteiger partial charge in [0.15, 0.2) is 0 Å². The van der Waals surface area contributed by atoms with Crippen LogP contribution in [0.3, 0.4) is 0 Å². The van der Waals surface area contributed by atoms with Crippen molar-refractivity contribution in [2.75, 3.05) is 0 Å². The monoisotopic (exact) mass is 272 g/mol. The first-order valence-corrected chi connectivity index (χ1v) is 6.95. The van der Waals surface area contributed by atoms with Gasteiger partial charge < -0.3 is 0 Å². The molecule has 0 spiro atoms. The maximum atomic E-state index is 12.0. The van der Waals surface area contributed by atoms with Gasteiger partial charge in [0.1, 0.15) is 0 Å². The third-order valence-electron chi connectivity index (χ3n) is 2.65. The standard InChI is InChI=1S/C11H16N2O4S/c1-4-11(2,3)12-18(16,17)10-7-5-9(6-8-10)13(14)15/h5-8,12H,4H2,1-3H3. The topological polar surface area (TPSA) is 89.3 Å². The van der Waals surface area contributed by atoms with Crippen LogP contribution >= 0.6 is 0 Å². The summed E-state index contributed by atoms with van der Waals surface area (Å²) in [6.45, 7) is 5.42. The van der Waals surface area contributed by atoms with Crippen molar-refractivity contribution < 1.29 is 13.3 Å². The van der Waals surface area contributed by atoms with Crippen molar-refractivity contribution in [3.63, 3.8) is 0 Å². The number of sulfonamides is 1. The number of benzene rings is 1. The fraction of sp³-hybridized carbons (Fsp3) is 0.455. The number of nitrogens with one attached hydrogen (secondary N) is 1. The van der Waals surface area contributed by atoms with E-state index >= 15 is 0 Å². The Morgan fingerprint density at radius 1 is 1.28 bits per heavy atom. The van der Waals surface area contributed by atoms with E-state index in [0.29, 0.717) is 6.42 Å². The van der Waals surface area contributed by atoms with Crippen LogP contribution in [0.5, 0.6) is 0 Å². The summed E-state index contributed by atoms with van der Waals surface area (Å²) in [6, 6.07) is 4.80. The fourth-order valence-corrected chi connectivity index (χ4v) is 2.73. The predicted octanol–water partition coefficient (Wildman–Crippen LogP) is 2.06. The van der Waals surface area contributed by atoms with Crippen LogP contribution in [-0.4, -0.2) is 18.9 Å². The molecule has 1 aromatic rings. The van der Waals surface area contributed by atoms with E-state index in [0.717, 1.165) is 0 Å². The molecular formula is C11H16N2O4S. The normalized spacial score (nSPS) is 12.4. The zero-order chi connectivity index (χ0) is 14.0. The Morgan fingerprint density at radius 3 is 2.17 bits per heavy atom. The molecule has 0 atom stereocenters. The lowest BCUT2D eigenvalue weighted by atomic mass is 10.0. The van der Waals surface area contributed by atoms with Gasteiger partial charge in [-0.25, -0.2) is 13.1 Å². The molecule has 7 heteroatoms. The molecule has 0 radical (unpaired) electrons. The first-order valence-electron chi connectivity index (χ1n) is 5.46. The van der Waals surface area contributed by atoms with Gasteiger partial charge in [-0.05, 0) is 32.4 Å². The van der Waals surface area contributed by atoms with Crippen LogP contribution in [0.15, 0.2) is 29.2 Å². The van der Waals surface area contributed by atoms with Gasteiger partial charge in [0, 0.05) is 17.7 Å². The molecule has 1 N–H and O–H groups in total. The van der Waals surface area contributed by atoms with E-state index in [-0.39, 0.29) is 10.6 Å². The minimum Gasteiger partial charge on any atom is -0.258 e. The van der Waals surface area contributed by atoms with Crippen LogP contribution in [0.25, 0.3) is 0 Å². The summed E-state index contributed by atoms with van der Waals surface area (Å²) in [5.41, 5.74) is -0.690. The average Bonchev–Trinajstić information content (AvgIpc) is 2.28. The van der Waals surface area contributed by atoms with Crippen LogP contribution in [0.2, 0.25) is 0 Å². The predicted molar refractivity (Wildman–Crippen MR) is 67.8 cm³/mol. The van der Waals surface area contributed by atoms with Crippen molar-refractivity contribution in [3.05, 3.63) is 34.4 Å². The molecule has 0 bridgehead atoms. The summed E-state index contributed by atoms with van der Waals surface area (Å²) >= 11 is 0. The van der Waals surface area contributed by atoms with Crippen molar-refractivity contribution in [1.82, 2.24) is 4.72 Å². The molecule has 6 nitrogen and oxygen atoms in total. The smallest absolute Gasteiger partial charge is 0.258 e. The minimum atomic E-state index is -3.65. The zero-order valence-electron chi connectivity index (χ0n) is 10.5. The minimum absolute atomic E-state index is 0.0228. The van der Waals surface area contributed by atoms with E-state index in [2.05, 4.69) is 4.72 Å². The Balaban J connectivity index is 3.03. The van der Waals surface area contributed by atoms with Gasteiger partial charge >= 0.3 is 0 Å². The zero-order valence-corrected chi connectivity index (χ0v) is 11.3. The van der Waals surface area contributed by atoms with Gasteiger partial charge in [0.25, 0.3) is 5.69 Å². The number of rotatable bonds is 5. The number of nitrogens with zero attached hydrogens (tertiary/aromatic N) is 1. The molecule has 0 amide bonds. The lowest BCUT2D eigenvalue weighted by Crippen LogP contribution is -2.42. The number of hydrogen-bond donors (Lipinski definition) is 1. The number of non-ortho nitro benzene ring substituents is 1. The fourth-order valence-electron chi connectivity index (χ4n) is 1.24. The number of nitro benzene ring substituents is 1. The first-order chi connectivity index (χ1) is 8.18. The van der Waals surface area contributed by atoms with Crippen molar-refractivity contribution >= 4 is 15.7 Å². The molecule has 0 aliphatic rings. The summed E-state index contributed by atoms with van der Waals surface area (Å²) in [4.78, 5) is 9.93. The molecule has 1 aromatic carbocycles. The highest BCUT2D eigenvalue weighted by molar-refractivity contribution is 7.89. The van der Waals surface area contributed by atoms with Gasteiger partial charge in [-0.2, -0.15) is 0 Å². The van der Waals surface area contributed by atoms with Crippen LogP contribution in [0.1, 0.15) is 27.2 Å². The van der Waals surface area contributed by atoms with E-state index in [1.165, 1.54) is 24.3 Å². The molecular weight excluding hydrogens is 256 g/mol. The summed E-state index contributed by atoms with van der Waals surface area (Å²) in [7, 11) is -3.65. The Morgan fingerprint density at radius 2 is 1.78 bits per heavy atom. The third kappa shape index (κ3) is 3.51. The number of hydrogen-bond acceptors (Lipinski definition) is 4. The third-order valence-corrected chi connectivity index (χ3v) is 4.37. The molecule has 0 aliphatic heterocycles. The number of nitro groups is 1. The largest absolute Gasteiger partial charge is 0.269 e. The van der Waals surface area contributed by atoms with Crippen molar-refractivity contribution in [2.45, 2.75) is 37.6 Å². The summed E-state index contributed by atoms with van der Waals surface area (Å²) in [5, 5.41) is 10.5. The van der Waals surface area contributed by atoms with Crippen LogP contribution in [0.4, 0.5) is 5.69 Å². The molecule has 0 fully saturated rings. The molecule has 0 saturated carbocycles. The molecule has 0 unspecified atom stereocenters. The molecule has 18 heavy (non-hydrogen) atoms. The van der Waals surface area contributed by atoms with Gasteiger partial charge in [0.05, 0.1) is 9.82 Å². The average molecular weight is 272 g/mol. The Kier molecular flexibility index (Phi) is 4.08. The van der Waals surface area contributed by atoms with Crippen molar-refractivity contribution in [2.24, 2.45) is 0 Å². The van der Waals surface area contributed by atoms with Gasteiger partial charge in [0.2, 0.25) is 10.0 Å². The summed E-state index contributed by atoms with van der Waals surface area (Å²) in [6.07, 6.45) is 0.638. The molecule has 100 valence electrons. The molecule has 0 aliphatic carbocycles. The SMILES string of the molecule is CCC(C)(C)NS(=O)(=O)c1ccc([N+](=O)[O-])cc1. The van der Waals surface area contributed by atoms with Crippen molar-refractivity contribution in [3.8, 4) is 0 Å². The second-order valence-corrected chi connectivity index (χ2v) is 6.28. The maximum absolute atomic E-state index is 12.0. The second-order valence-electron chi connectivity index (χ2n) is 4.59. The van der Waals surface area contributed by atoms with Crippen molar-refractivity contribution in [1.29, 1.82) is 0 Å². The molecule has 0 aromatic heterocycles. The molecule has 0 saturated heterocycles. The summed E-state index contributed by atoms with van der Waals surface area (Å²) < 4.78 is 26.6. The van der Waals surface area contributed by atoms with Gasteiger partial charge in [-0.3, -0.25) is 10.1 Å². The second kappa shape index (κ2) is 5.03. The van der Waals surface area contributed by atoms with Crippen LogP contribution in [0, 0.1) is 10.1 Å². The lowest BCUT2D eigenvalue weighted by Gasteiger charge is -2.24. The van der Waals surface area contributed by atoms with E-state index in [9.17, 15) is 18.5 Å². The van der Waals surface area contributed by atoms with E-state index < -0.39 is 20.5 Å². The highest BCUT2D eigenvalue weighted by atomic mass is 32.2. The first kappa shape index (κ1) is 14.6. The van der Waals surface area contributed by atoms with E-state index in [1.807, 2.05) is 6.92 Å². The van der Waals surface area contributed by atoms with Crippen LogP contribution in [-0.2, 0) is 10.0 Å².